The number of H-pyrrole nitrogens is 1. The van der Waals surface area contributed by atoms with E-state index >= 15 is 0 Å². The van der Waals surface area contributed by atoms with Crippen LogP contribution in [-0.2, 0) is 4.79 Å². The molecule has 30 heavy (non-hydrogen) atoms. The number of hydrogen-bond acceptors (Lipinski definition) is 6. The fourth-order valence-corrected chi connectivity index (χ4v) is 3.68. The normalized spacial score (nSPS) is 10.9. The standard InChI is InChI=1S/C21H19N5O3S/c1-13-8-9-16(29-2)15(10-13)22-19(28)12-30-21-24-20(14-6-4-3-5-7-14)23-17-11-18(27)25-26(17)21/h3-11H,12H2,1-2H3,(H,22,28)(H,25,27). The highest BCUT2D eigenvalue weighted by Crippen LogP contribution is 2.26. The molecule has 0 aliphatic carbocycles. The first-order chi connectivity index (χ1) is 14.5. The van der Waals surface area contributed by atoms with E-state index in [2.05, 4.69) is 20.4 Å². The lowest BCUT2D eigenvalue weighted by atomic mass is 10.2. The molecule has 0 aliphatic rings. The Morgan fingerprint density at radius 2 is 1.97 bits per heavy atom. The van der Waals surface area contributed by atoms with Crippen molar-refractivity contribution < 1.29 is 9.53 Å². The summed E-state index contributed by atoms with van der Waals surface area (Å²) in [4.78, 5) is 33.4. The summed E-state index contributed by atoms with van der Waals surface area (Å²) < 4.78 is 6.79. The molecular formula is C21H19N5O3S. The maximum absolute atomic E-state index is 12.5. The highest BCUT2D eigenvalue weighted by atomic mass is 32.2. The van der Waals surface area contributed by atoms with E-state index in [0.29, 0.717) is 28.1 Å². The molecule has 0 bridgehead atoms. The molecule has 1 amide bonds. The van der Waals surface area contributed by atoms with Crippen LogP contribution in [-0.4, -0.2) is 38.4 Å². The summed E-state index contributed by atoms with van der Waals surface area (Å²) in [7, 11) is 1.56. The molecule has 0 saturated heterocycles. The van der Waals surface area contributed by atoms with Gasteiger partial charge in [-0.05, 0) is 24.6 Å². The van der Waals surface area contributed by atoms with Gasteiger partial charge in [-0.15, -0.1) is 0 Å². The van der Waals surface area contributed by atoms with Crippen molar-refractivity contribution in [3.63, 3.8) is 0 Å². The molecule has 0 unspecified atom stereocenters. The number of benzene rings is 2. The molecule has 4 aromatic rings. The third-order valence-corrected chi connectivity index (χ3v) is 5.26. The molecule has 0 saturated carbocycles. The number of nitrogens with one attached hydrogen (secondary N) is 2. The molecule has 2 aromatic heterocycles. The van der Waals surface area contributed by atoms with Gasteiger partial charge in [0, 0.05) is 11.6 Å². The summed E-state index contributed by atoms with van der Waals surface area (Å²) in [6.07, 6.45) is 0. The first kappa shape index (κ1) is 19.7. The second-order valence-electron chi connectivity index (χ2n) is 6.55. The van der Waals surface area contributed by atoms with E-state index in [-0.39, 0.29) is 17.2 Å². The summed E-state index contributed by atoms with van der Waals surface area (Å²) in [6.45, 7) is 1.94. The van der Waals surface area contributed by atoms with Crippen LogP contribution in [0, 0.1) is 6.92 Å². The summed E-state index contributed by atoms with van der Waals surface area (Å²) >= 11 is 1.21. The first-order valence-corrected chi connectivity index (χ1v) is 10.1. The topological polar surface area (TPSA) is 101 Å². The number of aromatic amines is 1. The molecular weight excluding hydrogens is 402 g/mol. The average molecular weight is 421 g/mol. The fraction of sp³-hybridized carbons (Fsp3) is 0.143. The number of ether oxygens (including phenoxy) is 1. The van der Waals surface area contributed by atoms with Crippen LogP contribution in [0.1, 0.15) is 5.56 Å². The quantitative estimate of drug-likeness (QED) is 0.464. The summed E-state index contributed by atoms with van der Waals surface area (Å²) in [6, 6.07) is 16.4. The Morgan fingerprint density at radius 1 is 1.17 bits per heavy atom. The van der Waals surface area contributed by atoms with Crippen molar-refractivity contribution in [2.75, 3.05) is 18.2 Å². The lowest BCUT2D eigenvalue weighted by molar-refractivity contribution is -0.113. The molecule has 4 rings (SSSR count). The molecule has 9 heteroatoms. The maximum atomic E-state index is 12.5. The Bertz CT molecular complexity index is 1270. The van der Waals surface area contributed by atoms with Crippen molar-refractivity contribution in [3.05, 3.63) is 70.5 Å². The van der Waals surface area contributed by atoms with Crippen molar-refractivity contribution in [1.29, 1.82) is 0 Å². The Morgan fingerprint density at radius 3 is 2.73 bits per heavy atom. The summed E-state index contributed by atoms with van der Waals surface area (Å²) in [5.74, 6) is 0.950. The van der Waals surface area contributed by atoms with Crippen LogP contribution in [0.15, 0.2) is 64.5 Å². The number of rotatable bonds is 6. The van der Waals surface area contributed by atoms with Crippen LogP contribution in [0.25, 0.3) is 17.0 Å². The van der Waals surface area contributed by atoms with Gasteiger partial charge in [0.05, 0.1) is 18.6 Å². The molecule has 2 heterocycles. The van der Waals surface area contributed by atoms with Crippen LogP contribution < -0.4 is 15.6 Å². The van der Waals surface area contributed by atoms with Crippen molar-refractivity contribution in [1.82, 2.24) is 19.6 Å². The third-order valence-electron chi connectivity index (χ3n) is 4.32. The number of thioether (sulfide) groups is 1. The molecule has 2 N–H and O–H groups in total. The van der Waals surface area contributed by atoms with Crippen LogP contribution in [0.5, 0.6) is 5.75 Å². The minimum atomic E-state index is -0.287. The SMILES string of the molecule is COc1ccc(C)cc1NC(=O)CSc1nc(-c2ccccc2)nc2cc(=O)[nH]n12. The van der Waals surface area contributed by atoms with Crippen molar-refractivity contribution in [2.45, 2.75) is 12.1 Å². The zero-order valence-electron chi connectivity index (χ0n) is 16.4. The minimum Gasteiger partial charge on any atom is -0.495 e. The van der Waals surface area contributed by atoms with Gasteiger partial charge in [0.2, 0.25) is 5.91 Å². The van der Waals surface area contributed by atoms with Gasteiger partial charge in [-0.3, -0.25) is 14.7 Å². The number of nitrogens with zero attached hydrogens (tertiary/aromatic N) is 3. The van der Waals surface area contributed by atoms with E-state index in [1.807, 2.05) is 55.5 Å². The number of fused-ring (bicyclic) bond motifs is 1. The third kappa shape index (κ3) is 4.20. The Labute approximate surface area is 176 Å². The molecule has 8 nitrogen and oxygen atoms in total. The van der Waals surface area contributed by atoms with Gasteiger partial charge in [-0.25, -0.2) is 14.5 Å². The predicted molar refractivity (Wildman–Crippen MR) is 116 cm³/mol. The number of methoxy groups -OCH3 is 1. The number of carbonyl (C=O) groups excluding carboxylic acids is 1. The smallest absolute Gasteiger partial charge is 0.266 e. The van der Waals surface area contributed by atoms with Crippen LogP contribution in [0.2, 0.25) is 0 Å². The number of anilines is 1. The zero-order valence-corrected chi connectivity index (χ0v) is 17.2. The largest absolute Gasteiger partial charge is 0.495 e. The predicted octanol–water partition coefficient (Wildman–Crippen LogP) is 3.13. The first-order valence-electron chi connectivity index (χ1n) is 9.16. The van der Waals surface area contributed by atoms with E-state index in [0.717, 1.165) is 11.1 Å². The summed E-state index contributed by atoms with van der Waals surface area (Å²) in [5, 5.41) is 6.00. The van der Waals surface area contributed by atoms with E-state index in [4.69, 9.17) is 4.74 Å². The zero-order chi connectivity index (χ0) is 21.1. The van der Waals surface area contributed by atoms with Gasteiger partial charge in [0.25, 0.3) is 5.56 Å². The van der Waals surface area contributed by atoms with E-state index in [1.165, 1.54) is 22.3 Å². The van der Waals surface area contributed by atoms with Crippen LogP contribution >= 0.6 is 11.8 Å². The molecule has 2 aromatic carbocycles. The molecule has 0 aliphatic heterocycles. The van der Waals surface area contributed by atoms with Crippen LogP contribution in [0.3, 0.4) is 0 Å². The number of amides is 1. The van der Waals surface area contributed by atoms with Gasteiger partial charge < -0.3 is 10.1 Å². The Hall–Kier alpha value is -3.59. The molecule has 152 valence electrons. The van der Waals surface area contributed by atoms with Crippen molar-refractivity contribution in [3.8, 4) is 17.1 Å². The molecule has 0 spiro atoms. The van der Waals surface area contributed by atoms with Gasteiger partial charge >= 0.3 is 0 Å². The van der Waals surface area contributed by atoms with Gasteiger partial charge in [0.1, 0.15) is 5.75 Å². The highest BCUT2D eigenvalue weighted by Gasteiger charge is 2.14. The molecule has 0 radical (unpaired) electrons. The van der Waals surface area contributed by atoms with Gasteiger partial charge in [0.15, 0.2) is 16.6 Å². The molecule has 0 fully saturated rings. The second-order valence-corrected chi connectivity index (χ2v) is 7.49. The lowest BCUT2D eigenvalue weighted by Gasteiger charge is -2.11. The fourth-order valence-electron chi connectivity index (χ4n) is 2.93. The Balaban J connectivity index is 1.58. The molecule has 0 atom stereocenters. The monoisotopic (exact) mass is 421 g/mol. The second kappa shape index (κ2) is 8.42. The number of hydrogen-bond donors (Lipinski definition) is 2. The minimum absolute atomic E-state index is 0.0949. The van der Waals surface area contributed by atoms with E-state index in [1.54, 1.807) is 7.11 Å². The van der Waals surface area contributed by atoms with Crippen LogP contribution in [0.4, 0.5) is 5.69 Å². The van der Waals surface area contributed by atoms with Gasteiger partial charge in [-0.1, -0.05) is 48.2 Å². The van der Waals surface area contributed by atoms with E-state index < -0.39 is 0 Å². The van der Waals surface area contributed by atoms with E-state index in [9.17, 15) is 9.59 Å². The number of carbonyl (C=O) groups is 1. The van der Waals surface area contributed by atoms with Gasteiger partial charge in [-0.2, -0.15) is 0 Å². The maximum Gasteiger partial charge on any atom is 0.266 e. The van der Waals surface area contributed by atoms with Crippen molar-refractivity contribution >= 4 is 29.0 Å². The summed E-state index contributed by atoms with van der Waals surface area (Å²) in [5.41, 5.74) is 2.59. The average Bonchev–Trinajstić information content (AvgIpc) is 3.13. The Kier molecular flexibility index (Phi) is 5.53. The number of aromatic nitrogens is 4. The lowest BCUT2D eigenvalue weighted by Crippen LogP contribution is -2.16. The van der Waals surface area contributed by atoms with Crippen molar-refractivity contribution in [2.24, 2.45) is 0 Å². The highest BCUT2D eigenvalue weighted by molar-refractivity contribution is 7.99. The number of aryl methyl sites for hydroxylation is 1.